The third-order valence-electron chi connectivity index (χ3n) is 3.13. The normalized spacial score (nSPS) is 10.9. The van der Waals surface area contributed by atoms with Crippen LogP contribution in [0.5, 0.6) is 5.75 Å². The molecule has 0 atom stereocenters. The molecule has 0 fully saturated rings. The van der Waals surface area contributed by atoms with Gasteiger partial charge in [-0.15, -0.1) is 0 Å². The van der Waals surface area contributed by atoms with E-state index in [-0.39, 0.29) is 0 Å². The number of hydrogen-bond acceptors (Lipinski definition) is 2. The van der Waals surface area contributed by atoms with Crippen molar-refractivity contribution in [2.75, 3.05) is 6.61 Å². The first-order chi connectivity index (χ1) is 9.67. The Kier molecular flexibility index (Phi) is 3.36. The second kappa shape index (κ2) is 5.17. The molecule has 3 rings (SSSR count). The summed E-state index contributed by atoms with van der Waals surface area (Å²) in [6.45, 7) is 4.67. The Morgan fingerprint density at radius 1 is 1.20 bits per heavy atom. The number of rotatable bonds is 3. The van der Waals surface area contributed by atoms with Crippen molar-refractivity contribution in [1.82, 2.24) is 9.38 Å². The van der Waals surface area contributed by atoms with Gasteiger partial charge in [0.25, 0.3) is 0 Å². The smallest absolute Gasteiger partial charge is 0.137 e. The zero-order valence-electron chi connectivity index (χ0n) is 11.4. The van der Waals surface area contributed by atoms with Gasteiger partial charge in [-0.3, -0.25) is 0 Å². The zero-order chi connectivity index (χ0) is 14.1. The molecule has 2 heterocycles. The molecule has 0 saturated carbocycles. The number of imidazole rings is 1. The van der Waals surface area contributed by atoms with E-state index in [1.165, 1.54) is 5.56 Å². The van der Waals surface area contributed by atoms with Crippen LogP contribution in [0.1, 0.15) is 12.5 Å². The van der Waals surface area contributed by atoms with E-state index in [4.69, 9.17) is 16.3 Å². The van der Waals surface area contributed by atoms with Crippen LogP contribution < -0.4 is 4.74 Å². The largest absolute Gasteiger partial charge is 0.493 e. The van der Waals surface area contributed by atoms with E-state index in [2.05, 4.69) is 18.0 Å². The zero-order valence-corrected chi connectivity index (χ0v) is 12.2. The molecule has 0 radical (unpaired) electrons. The van der Waals surface area contributed by atoms with Crippen molar-refractivity contribution in [3.63, 3.8) is 0 Å². The fourth-order valence-electron chi connectivity index (χ4n) is 2.22. The van der Waals surface area contributed by atoms with E-state index < -0.39 is 0 Å². The molecule has 2 aromatic heterocycles. The Hall–Kier alpha value is -2.00. The van der Waals surface area contributed by atoms with Gasteiger partial charge in [-0.25, -0.2) is 4.98 Å². The van der Waals surface area contributed by atoms with Crippen LogP contribution in [-0.4, -0.2) is 16.0 Å². The van der Waals surface area contributed by atoms with Gasteiger partial charge in [0.2, 0.25) is 0 Å². The molecule has 4 heteroatoms. The van der Waals surface area contributed by atoms with E-state index in [0.717, 1.165) is 22.7 Å². The predicted molar refractivity (Wildman–Crippen MR) is 81.5 cm³/mol. The number of ether oxygens (including phenoxy) is 1. The molecule has 0 N–H and O–H groups in total. The number of hydrogen-bond donors (Lipinski definition) is 0. The minimum Gasteiger partial charge on any atom is -0.493 e. The Morgan fingerprint density at radius 2 is 2.05 bits per heavy atom. The number of nitrogens with zero attached hydrogens (tertiary/aromatic N) is 2. The van der Waals surface area contributed by atoms with Crippen LogP contribution in [0.4, 0.5) is 0 Å². The van der Waals surface area contributed by atoms with Gasteiger partial charge < -0.3 is 9.14 Å². The molecule has 0 bridgehead atoms. The summed E-state index contributed by atoms with van der Waals surface area (Å²) in [4.78, 5) is 4.63. The third kappa shape index (κ3) is 2.37. The van der Waals surface area contributed by atoms with Crippen molar-refractivity contribution in [3.8, 4) is 17.0 Å². The maximum absolute atomic E-state index is 6.01. The van der Waals surface area contributed by atoms with Crippen molar-refractivity contribution in [2.24, 2.45) is 0 Å². The maximum atomic E-state index is 6.01. The van der Waals surface area contributed by atoms with Gasteiger partial charge >= 0.3 is 0 Å². The first-order valence-electron chi connectivity index (χ1n) is 6.55. The molecule has 0 aliphatic heterocycles. The summed E-state index contributed by atoms with van der Waals surface area (Å²) >= 11 is 6.01. The monoisotopic (exact) mass is 286 g/mol. The Labute approximate surface area is 122 Å². The molecular weight excluding hydrogens is 272 g/mol. The van der Waals surface area contributed by atoms with Crippen LogP contribution in [0, 0.1) is 6.92 Å². The van der Waals surface area contributed by atoms with E-state index in [1.807, 2.05) is 48.0 Å². The second-order valence-electron chi connectivity index (χ2n) is 4.67. The lowest BCUT2D eigenvalue weighted by Gasteiger charge is -2.08. The van der Waals surface area contributed by atoms with Crippen LogP contribution in [-0.2, 0) is 0 Å². The highest BCUT2D eigenvalue weighted by Gasteiger charge is 2.10. The quantitative estimate of drug-likeness (QED) is 0.715. The fourth-order valence-corrected chi connectivity index (χ4v) is 2.39. The maximum Gasteiger partial charge on any atom is 0.137 e. The third-order valence-corrected chi connectivity index (χ3v) is 3.35. The van der Waals surface area contributed by atoms with E-state index >= 15 is 0 Å². The van der Waals surface area contributed by atoms with Crippen LogP contribution in [0.25, 0.3) is 16.9 Å². The molecular formula is C16H15ClN2O. The number of pyridine rings is 1. The lowest BCUT2D eigenvalue weighted by Crippen LogP contribution is -1.94. The van der Waals surface area contributed by atoms with Gasteiger partial charge in [-0.1, -0.05) is 23.2 Å². The lowest BCUT2D eigenvalue weighted by molar-refractivity contribution is 0.341. The van der Waals surface area contributed by atoms with Gasteiger partial charge in [0, 0.05) is 18.0 Å². The molecule has 0 saturated heterocycles. The molecule has 1 aromatic carbocycles. The summed E-state index contributed by atoms with van der Waals surface area (Å²) in [6.07, 6.45) is 3.82. The number of aryl methyl sites for hydroxylation is 1. The standard InChI is InChI=1S/C16H15ClN2O/c1-3-20-15-6-4-11(2)8-13(15)14-10-19-9-12(17)5-7-16(19)18-14/h4-10H,3H2,1-2H3. The van der Waals surface area contributed by atoms with Crippen molar-refractivity contribution < 1.29 is 4.74 Å². The van der Waals surface area contributed by atoms with Gasteiger partial charge in [0.05, 0.1) is 17.3 Å². The van der Waals surface area contributed by atoms with E-state index in [9.17, 15) is 0 Å². The van der Waals surface area contributed by atoms with Crippen molar-refractivity contribution in [3.05, 3.63) is 53.3 Å². The molecule has 0 aliphatic rings. The number of fused-ring (bicyclic) bond motifs is 1. The minimum atomic E-state index is 0.634. The molecule has 0 spiro atoms. The van der Waals surface area contributed by atoms with Gasteiger partial charge in [-0.05, 0) is 38.1 Å². The highest BCUT2D eigenvalue weighted by atomic mass is 35.5. The van der Waals surface area contributed by atoms with E-state index in [0.29, 0.717) is 11.6 Å². The van der Waals surface area contributed by atoms with Gasteiger partial charge in [0.1, 0.15) is 11.4 Å². The Morgan fingerprint density at radius 3 is 2.85 bits per heavy atom. The molecule has 3 aromatic rings. The van der Waals surface area contributed by atoms with E-state index in [1.54, 1.807) is 0 Å². The minimum absolute atomic E-state index is 0.634. The fraction of sp³-hybridized carbons (Fsp3) is 0.188. The highest BCUT2D eigenvalue weighted by Crippen LogP contribution is 2.30. The summed E-state index contributed by atoms with van der Waals surface area (Å²) < 4.78 is 7.62. The topological polar surface area (TPSA) is 26.5 Å². The Balaban J connectivity index is 2.16. The predicted octanol–water partition coefficient (Wildman–Crippen LogP) is 4.36. The van der Waals surface area contributed by atoms with Crippen molar-refractivity contribution >= 4 is 17.2 Å². The average Bonchev–Trinajstić information content (AvgIpc) is 2.83. The average molecular weight is 287 g/mol. The van der Waals surface area contributed by atoms with Crippen LogP contribution in [0.15, 0.2) is 42.7 Å². The van der Waals surface area contributed by atoms with Crippen LogP contribution in [0.3, 0.4) is 0 Å². The number of halogens is 1. The molecule has 0 aliphatic carbocycles. The Bertz CT molecular complexity index is 764. The first kappa shape index (κ1) is 13.0. The second-order valence-corrected chi connectivity index (χ2v) is 5.11. The highest BCUT2D eigenvalue weighted by molar-refractivity contribution is 6.30. The summed E-state index contributed by atoms with van der Waals surface area (Å²) in [5, 5.41) is 0.690. The number of benzene rings is 1. The lowest BCUT2D eigenvalue weighted by atomic mass is 10.1. The summed E-state index contributed by atoms with van der Waals surface area (Å²) in [7, 11) is 0. The summed E-state index contributed by atoms with van der Waals surface area (Å²) in [6, 6.07) is 9.87. The number of aromatic nitrogens is 2. The summed E-state index contributed by atoms with van der Waals surface area (Å²) in [5.74, 6) is 0.854. The van der Waals surface area contributed by atoms with Crippen LogP contribution >= 0.6 is 11.6 Å². The first-order valence-corrected chi connectivity index (χ1v) is 6.93. The summed E-state index contributed by atoms with van der Waals surface area (Å²) in [5.41, 5.74) is 3.94. The SMILES string of the molecule is CCOc1ccc(C)cc1-c1cn2cc(Cl)ccc2n1. The van der Waals surface area contributed by atoms with Gasteiger partial charge in [-0.2, -0.15) is 0 Å². The molecule has 0 amide bonds. The van der Waals surface area contributed by atoms with Crippen molar-refractivity contribution in [2.45, 2.75) is 13.8 Å². The molecule has 3 nitrogen and oxygen atoms in total. The van der Waals surface area contributed by atoms with Crippen molar-refractivity contribution in [1.29, 1.82) is 0 Å². The van der Waals surface area contributed by atoms with Crippen LogP contribution in [0.2, 0.25) is 5.02 Å². The molecule has 20 heavy (non-hydrogen) atoms. The molecule has 102 valence electrons. The van der Waals surface area contributed by atoms with Gasteiger partial charge in [0.15, 0.2) is 0 Å². The molecule has 0 unspecified atom stereocenters.